The van der Waals surface area contributed by atoms with Crippen molar-refractivity contribution in [1.82, 2.24) is 4.37 Å². The number of carboxylic acid groups (broad SMARTS) is 1. The van der Waals surface area contributed by atoms with Gasteiger partial charge in [-0.25, -0.2) is 4.79 Å². The molecule has 6 nitrogen and oxygen atoms in total. The van der Waals surface area contributed by atoms with Crippen molar-refractivity contribution in [3.63, 3.8) is 0 Å². The first-order valence-electron chi connectivity index (χ1n) is 11.6. The highest BCUT2D eigenvalue weighted by molar-refractivity contribution is 7.10. The first kappa shape index (κ1) is 25.3. The molecule has 3 aromatic carbocycles. The number of nitrogens with one attached hydrogen (secondary N) is 1. The van der Waals surface area contributed by atoms with Crippen LogP contribution >= 0.6 is 34.7 Å². The molecule has 1 aliphatic rings. The number of ether oxygens (including phenoxy) is 1. The third-order valence-electron chi connectivity index (χ3n) is 6.56. The molecule has 2 N–H and O–H groups in total. The molecule has 1 aliphatic carbocycles. The molecule has 4 aromatic rings. The Kier molecular flexibility index (Phi) is 6.94. The lowest BCUT2D eigenvalue weighted by Gasteiger charge is -2.12. The van der Waals surface area contributed by atoms with Crippen molar-refractivity contribution >= 4 is 52.5 Å². The maximum Gasteiger partial charge on any atom is 0.412 e. The van der Waals surface area contributed by atoms with E-state index in [9.17, 15) is 14.7 Å². The summed E-state index contributed by atoms with van der Waals surface area (Å²) >= 11 is 13.5. The molecule has 0 bridgehead atoms. The van der Waals surface area contributed by atoms with Crippen LogP contribution in [-0.2, 0) is 21.6 Å². The number of amides is 1. The molecule has 1 amide bonds. The van der Waals surface area contributed by atoms with Crippen molar-refractivity contribution in [2.24, 2.45) is 0 Å². The van der Waals surface area contributed by atoms with Crippen molar-refractivity contribution < 1.29 is 19.4 Å². The number of hydrogen-bond donors (Lipinski definition) is 2. The topological polar surface area (TPSA) is 88.5 Å². The Morgan fingerprint density at radius 2 is 1.62 bits per heavy atom. The van der Waals surface area contributed by atoms with Gasteiger partial charge < -0.3 is 9.84 Å². The maximum atomic E-state index is 12.5. The van der Waals surface area contributed by atoms with E-state index in [2.05, 4.69) is 9.69 Å². The highest BCUT2D eigenvalue weighted by Gasteiger charge is 2.51. The fourth-order valence-electron chi connectivity index (χ4n) is 4.20. The third-order valence-corrected chi connectivity index (χ3v) is 8.40. The van der Waals surface area contributed by atoms with E-state index in [0.717, 1.165) is 27.1 Å². The number of benzene rings is 3. The Balaban J connectivity index is 1.29. The van der Waals surface area contributed by atoms with Crippen molar-refractivity contribution in [2.75, 3.05) is 5.32 Å². The minimum atomic E-state index is -0.758. The van der Waals surface area contributed by atoms with Crippen molar-refractivity contribution in [2.45, 2.75) is 31.8 Å². The number of rotatable bonds is 7. The largest absolute Gasteiger partial charge is 0.481 e. The molecule has 0 atom stereocenters. The van der Waals surface area contributed by atoms with E-state index in [1.807, 2.05) is 55.5 Å². The molecule has 0 radical (unpaired) electrons. The van der Waals surface area contributed by atoms with Crippen LogP contribution in [0.25, 0.3) is 21.6 Å². The standard InChI is InChI=1S/C28H22Cl2N2O4S/c1-16-24(31-27(35)36-15-20-3-2-4-22(29)23(20)30)25(37-32-16)19-7-5-17(6-8-19)18-9-11-21(12-10-18)28(13-14-28)26(33)34/h2-12H,13-15H2,1H3,(H,31,35)(H,33,34). The van der Waals surface area contributed by atoms with E-state index in [4.69, 9.17) is 27.9 Å². The highest BCUT2D eigenvalue weighted by Crippen LogP contribution is 2.48. The number of carboxylic acids is 1. The fraction of sp³-hybridized carbons (Fsp3) is 0.179. The Labute approximate surface area is 228 Å². The van der Waals surface area contributed by atoms with Crippen LogP contribution in [0.5, 0.6) is 0 Å². The van der Waals surface area contributed by atoms with E-state index in [0.29, 0.717) is 39.8 Å². The highest BCUT2D eigenvalue weighted by atomic mass is 35.5. The van der Waals surface area contributed by atoms with Gasteiger partial charge in [0.2, 0.25) is 0 Å². The van der Waals surface area contributed by atoms with Gasteiger partial charge in [-0.15, -0.1) is 0 Å². The zero-order valence-corrected chi connectivity index (χ0v) is 22.1. The summed E-state index contributed by atoms with van der Waals surface area (Å²) in [6.45, 7) is 1.81. The van der Waals surface area contributed by atoms with Crippen LogP contribution in [-0.4, -0.2) is 21.5 Å². The lowest BCUT2D eigenvalue weighted by molar-refractivity contribution is -0.140. The summed E-state index contributed by atoms with van der Waals surface area (Å²) in [7, 11) is 0. The SMILES string of the molecule is Cc1nsc(-c2ccc(-c3ccc(C4(C(=O)O)CC4)cc3)cc2)c1NC(=O)OCc1cccc(Cl)c1Cl. The van der Waals surface area contributed by atoms with E-state index < -0.39 is 17.5 Å². The quantitative estimate of drug-likeness (QED) is 0.242. The van der Waals surface area contributed by atoms with Gasteiger partial charge in [-0.3, -0.25) is 10.1 Å². The Morgan fingerprint density at radius 3 is 2.24 bits per heavy atom. The second-order valence-corrected chi connectivity index (χ2v) is 10.5. The number of aliphatic carboxylic acids is 1. The summed E-state index contributed by atoms with van der Waals surface area (Å²) in [6, 6.07) is 20.8. The molecule has 1 heterocycles. The van der Waals surface area contributed by atoms with E-state index in [1.54, 1.807) is 18.2 Å². The zero-order valence-electron chi connectivity index (χ0n) is 19.8. The fourth-order valence-corrected chi connectivity index (χ4v) is 5.43. The second-order valence-electron chi connectivity index (χ2n) is 8.93. The molecule has 188 valence electrons. The number of carbonyl (C=O) groups excluding carboxylic acids is 1. The van der Waals surface area contributed by atoms with Gasteiger partial charge in [0.1, 0.15) is 6.61 Å². The molecule has 5 rings (SSSR count). The van der Waals surface area contributed by atoms with Gasteiger partial charge in [-0.1, -0.05) is 83.9 Å². The number of halogens is 2. The first-order valence-corrected chi connectivity index (χ1v) is 13.1. The summed E-state index contributed by atoms with van der Waals surface area (Å²) in [5.41, 5.74) is 4.93. The van der Waals surface area contributed by atoms with E-state index in [-0.39, 0.29) is 6.61 Å². The lowest BCUT2D eigenvalue weighted by atomic mass is 9.93. The molecule has 0 spiro atoms. The summed E-state index contributed by atoms with van der Waals surface area (Å²) in [6.07, 6.45) is 0.748. The maximum absolute atomic E-state index is 12.5. The van der Waals surface area contributed by atoms with Crippen LogP contribution in [0.3, 0.4) is 0 Å². The minimum Gasteiger partial charge on any atom is -0.481 e. The zero-order chi connectivity index (χ0) is 26.2. The number of hydrogen-bond acceptors (Lipinski definition) is 5. The molecule has 1 aromatic heterocycles. The van der Waals surface area contributed by atoms with E-state index in [1.165, 1.54) is 11.5 Å². The molecule has 1 saturated carbocycles. The van der Waals surface area contributed by atoms with Gasteiger partial charge in [-0.2, -0.15) is 4.37 Å². The number of nitrogens with zero attached hydrogens (tertiary/aromatic N) is 1. The van der Waals surface area contributed by atoms with Crippen LogP contribution < -0.4 is 5.32 Å². The summed E-state index contributed by atoms with van der Waals surface area (Å²) in [4.78, 5) is 24.9. The Hall–Kier alpha value is -3.39. The molecule has 1 fully saturated rings. The Bertz CT molecular complexity index is 1480. The van der Waals surface area contributed by atoms with E-state index >= 15 is 0 Å². The number of aromatic nitrogens is 1. The van der Waals surface area contributed by atoms with Gasteiger partial charge in [-0.05, 0) is 59.6 Å². The average Bonchev–Trinajstić information content (AvgIpc) is 3.65. The van der Waals surface area contributed by atoms with Gasteiger partial charge in [0.25, 0.3) is 0 Å². The van der Waals surface area contributed by atoms with Gasteiger partial charge in [0.05, 0.1) is 31.7 Å². The van der Waals surface area contributed by atoms with Crippen molar-refractivity contribution in [3.8, 4) is 21.6 Å². The van der Waals surface area contributed by atoms with Gasteiger partial charge in [0.15, 0.2) is 0 Å². The van der Waals surface area contributed by atoms with Gasteiger partial charge >= 0.3 is 12.1 Å². The average molecular weight is 553 g/mol. The van der Waals surface area contributed by atoms with Gasteiger partial charge in [0, 0.05) is 5.56 Å². The second kappa shape index (κ2) is 10.2. The predicted molar refractivity (Wildman–Crippen MR) is 147 cm³/mol. The lowest BCUT2D eigenvalue weighted by Crippen LogP contribution is -2.19. The summed E-state index contributed by atoms with van der Waals surface area (Å²) in [5.74, 6) is -0.758. The smallest absolute Gasteiger partial charge is 0.412 e. The molecule has 37 heavy (non-hydrogen) atoms. The minimum absolute atomic E-state index is 0.0156. The normalized spacial score (nSPS) is 13.7. The number of aryl methyl sites for hydroxylation is 1. The monoisotopic (exact) mass is 552 g/mol. The molecular weight excluding hydrogens is 531 g/mol. The molecule has 9 heteroatoms. The number of carbonyl (C=O) groups is 2. The molecular formula is C28H22Cl2N2O4S. The van der Waals surface area contributed by atoms with Crippen LogP contribution in [0.4, 0.5) is 10.5 Å². The Morgan fingerprint density at radius 1 is 1.00 bits per heavy atom. The molecule has 0 unspecified atom stereocenters. The summed E-state index contributed by atoms with van der Waals surface area (Å²) < 4.78 is 9.77. The van der Waals surface area contributed by atoms with Crippen molar-refractivity contribution in [3.05, 3.63) is 93.6 Å². The molecule has 0 aliphatic heterocycles. The third kappa shape index (κ3) is 5.07. The van der Waals surface area contributed by atoms with Crippen LogP contribution in [0.1, 0.15) is 29.7 Å². The molecule has 0 saturated heterocycles. The summed E-state index contributed by atoms with van der Waals surface area (Å²) in [5, 5.41) is 13.1. The first-order chi connectivity index (χ1) is 17.8. The van der Waals surface area contributed by atoms with Crippen molar-refractivity contribution in [1.29, 1.82) is 0 Å². The van der Waals surface area contributed by atoms with Crippen LogP contribution in [0, 0.1) is 6.92 Å². The van der Waals surface area contributed by atoms with Crippen LogP contribution in [0.15, 0.2) is 66.7 Å². The van der Waals surface area contributed by atoms with Crippen LogP contribution in [0.2, 0.25) is 10.0 Å². The predicted octanol–water partition coefficient (Wildman–Crippen LogP) is 7.96. The number of anilines is 1.